The Morgan fingerprint density at radius 1 is 1.59 bits per heavy atom. The molecular formula is C9H13BrN2O2S3. The summed E-state index contributed by atoms with van der Waals surface area (Å²) in [4.78, 5) is 1.06. The quantitative estimate of drug-likeness (QED) is 0.810. The molecule has 0 unspecified atom stereocenters. The summed E-state index contributed by atoms with van der Waals surface area (Å²) in [6, 6.07) is 1.57. The molecule has 0 saturated heterocycles. The van der Waals surface area contributed by atoms with Gasteiger partial charge >= 0.3 is 0 Å². The number of hydrogen-bond donors (Lipinski definition) is 2. The molecule has 0 radical (unpaired) electrons. The van der Waals surface area contributed by atoms with E-state index in [2.05, 4.69) is 20.7 Å². The molecule has 1 heterocycles. The molecule has 0 bridgehead atoms. The lowest BCUT2D eigenvalue weighted by atomic mass is 10.1. The molecule has 0 amide bonds. The van der Waals surface area contributed by atoms with Crippen LogP contribution in [0.4, 0.5) is 0 Å². The van der Waals surface area contributed by atoms with E-state index in [4.69, 9.17) is 18.0 Å². The Hall–Kier alpha value is -0.0200. The van der Waals surface area contributed by atoms with Crippen LogP contribution in [0.2, 0.25) is 0 Å². The molecule has 0 atom stereocenters. The van der Waals surface area contributed by atoms with Crippen LogP contribution in [0.15, 0.2) is 14.7 Å². The third-order valence-corrected chi connectivity index (χ3v) is 6.11. The van der Waals surface area contributed by atoms with E-state index < -0.39 is 15.6 Å². The van der Waals surface area contributed by atoms with Crippen LogP contribution in [-0.4, -0.2) is 18.9 Å². The third-order valence-electron chi connectivity index (χ3n) is 2.14. The summed E-state index contributed by atoms with van der Waals surface area (Å²) in [5, 5.41) is 0. The van der Waals surface area contributed by atoms with Crippen molar-refractivity contribution in [3.63, 3.8) is 0 Å². The first kappa shape index (κ1) is 15.0. The van der Waals surface area contributed by atoms with Crippen LogP contribution >= 0.6 is 39.5 Å². The monoisotopic (exact) mass is 356 g/mol. The average Bonchev–Trinajstić information content (AvgIpc) is 2.43. The first-order valence-electron chi connectivity index (χ1n) is 4.66. The van der Waals surface area contributed by atoms with Gasteiger partial charge < -0.3 is 5.73 Å². The van der Waals surface area contributed by atoms with E-state index in [0.29, 0.717) is 4.88 Å². The summed E-state index contributed by atoms with van der Waals surface area (Å²) in [7, 11) is -3.61. The Bertz CT molecular complexity index is 549. The first-order valence-corrected chi connectivity index (χ1v) is 8.16. The molecule has 1 aromatic heterocycles. The third kappa shape index (κ3) is 3.47. The van der Waals surface area contributed by atoms with E-state index in [1.54, 1.807) is 26.8 Å². The molecule has 1 rings (SSSR count). The minimum absolute atomic E-state index is 0.105. The number of thiocarbonyl (C=S) groups is 1. The Balaban J connectivity index is 3.14. The van der Waals surface area contributed by atoms with Crippen molar-refractivity contribution in [1.82, 2.24) is 4.72 Å². The summed E-state index contributed by atoms with van der Waals surface area (Å²) in [6.07, 6.45) is 0. The molecule has 0 aromatic carbocycles. The van der Waals surface area contributed by atoms with Gasteiger partial charge in [-0.1, -0.05) is 12.2 Å². The largest absolute Gasteiger partial charge is 0.392 e. The highest BCUT2D eigenvalue weighted by atomic mass is 79.9. The van der Waals surface area contributed by atoms with Gasteiger partial charge in [0.15, 0.2) is 0 Å². The Morgan fingerprint density at radius 2 is 2.12 bits per heavy atom. The van der Waals surface area contributed by atoms with Crippen LogP contribution in [0.3, 0.4) is 0 Å². The Kier molecular flexibility index (Phi) is 4.36. The van der Waals surface area contributed by atoms with Crippen LogP contribution in [0.25, 0.3) is 0 Å². The molecule has 0 fully saturated rings. The van der Waals surface area contributed by atoms with E-state index in [-0.39, 0.29) is 9.88 Å². The van der Waals surface area contributed by atoms with Gasteiger partial charge in [-0.15, -0.1) is 11.3 Å². The summed E-state index contributed by atoms with van der Waals surface area (Å²) in [5.41, 5.74) is 4.55. The van der Waals surface area contributed by atoms with Gasteiger partial charge in [0.1, 0.15) is 0 Å². The van der Waals surface area contributed by atoms with Crippen molar-refractivity contribution < 1.29 is 8.42 Å². The average molecular weight is 357 g/mol. The summed E-state index contributed by atoms with van der Waals surface area (Å²) >= 11 is 9.46. The van der Waals surface area contributed by atoms with Crippen molar-refractivity contribution in [1.29, 1.82) is 0 Å². The SMILES string of the molecule is Cc1sc(Br)cc1S(=O)(=O)NC(C)(C)C(N)=S. The van der Waals surface area contributed by atoms with E-state index in [1.165, 1.54) is 11.3 Å². The zero-order valence-electron chi connectivity index (χ0n) is 9.57. The highest BCUT2D eigenvalue weighted by Gasteiger charge is 2.30. The van der Waals surface area contributed by atoms with Gasteiger partial charge in [0.25, 0.3) is 0 Å². The molecule has 1 aromatic rings. The number of aryl methyl sites for hydroxylation is 1. The van der Waals surface area contributed by atoms with Crippen molar-refractivity contribution in [2.75, 3.05) is 0 Å². The van der Waals surface area contributed by atoms with Crippen LogP contribution in [0.5, 0.6) is 0 Å². The molecule has 3 N–H and O–H groups in total. The predicted molar refractivity (Wildman–Crippen MR) is 77.9 cm³/mol. The van der Waals surface area contributed by atoms with Gasteiger partial charge in [-0.05, 0) is 42.8 Å². The molecule has 0 saturated carbocycles. The second kappa shape index (κ2) is 4.93. The number of rotatable bonds is 4. The van der Waals surface area contributed by atoms with Crippen molar-refractivity contribution in [2.45, 2.75) is 31.2 Å². The van der Waals surface area contributed by atoms with Gasteiger partial charge in [0.05, 0.1) is 19.2 Å². The standard InChI is InChI=1S/C9H13BrN2O2S3/c1-5-6(4-7(10)16-5)17(13,14)12-9(2,3)8(11)15/h4,12H,1-3H3,(H2,11,15). The van der Waals surface area contributed by atoms with Crippen LogP contribution in [-0.2, 0) is 10.0 Å². The summed E-state index contributed by atoms with van der Waals surface area (Å²) < 4.78 is 27.6. The minimum Gasteiger partial charge on any atom is -0.392 e. The van der Waals surface area contributed by atoms with Crippen molar-refractivity contribution in [2.24, 2.45) is 5.73 Å². The van der Waals surface area contributed by atoms with Crippen molar-refractivity contribution >= 4 is 54.5 Å². The lowest BCUT2D eigenvalue weighted by molar-refractivity contribution is 0.546. The molecule has 0 spiro atoms. The first-order chi connectivity index (χ1) is 7.56. The summed E-state index contributed by atoms with van der Waals surface area (Å²) in [5.74, 6) is 0. The molecule has 0 aliphatic rings. The molecule has 96 valence electrons. The van der Waals surface area contributed by atoms with Crippen LogP contribution < -0.4 is 10.5 Å². The fourth-order valence-electron chi connectivity index (χ4n) is 1.14. The maximum absolute atomic E-state index is 12.1. The fourth-order valence-corrected chi connectivity index (χ4v) is 5.06. The van der Waals surface area contributed by atoms with Gasteiger partial charge in [-0.25, -0.2) is 8.42 Å². The second-order valence-electron chi connectivity index (χ2n) is 4.07. The Labute approximate surface area is 119 Å². The highest BCUT2D eigenvalue weighted by molar-refractivity contribution is 9.11. The Morgan fingerprint density at radius 3 is 2.47 bits per heavy atom. The van der Waals surface area contributed by atoms with E-state index in [1.807, 2.05) is 0 Å². The number of thiophene rings is 1. The number of sulfonamides is 1. The molecule has 0 aliphatic heterocycles. The smallest absolute Gasteiger partial charge is 0.242 e. The summed E-state index contributed by atoms with van der Waals surface area (Å²) in [6.45, 7) is 5.00. The zero-order valence-corrected chi connectivity index (χ0v) is 13.6. The zero-order chi connectivity index (χ0) is 13.4. The van der Waals surface area contributed by atoms with Crippen LogP contribution in [0, 0.1) is 6.92 Å². The van der Waals surface area contributed by atoms with Gasteiger partial charge in [0.2, 0.25) is 10.0 Å². The topological polar surface area (TPSA) is 72.2 Å². The maximum atomic E-state index is 12.1. The molecule has 8 heteroatoms. The molecule has 17 heavy (non-hydrogen) atoms. The minimum atomic E-state index is -3.61. The maximum Gasteiger partial charge on any atom is 0.242 e. The van der Waals surface area contributed by atoms with Gasteiger partial charge in [0, 0.05) is 4.88 Å². The number of hydrogen-bond acceptors (Lipinski definition) is 4. The van der Waals surface area contributed by atoms with E-state index >= 15 is 0 Å². The number of nitrogens with one attached hydrogen (secondary N) is 1. The number of nitrogens with two attached hydrogens (primary N) is 1. The van der Waals surface area contributed by atoms with Crippen molar-refractivity contribution in [3.05, 3.63) is 14.7 Å². The molecule has 4 nitrogen and oxygen atoms in total. The fraction of sp³-hybridized carbons (Fsp3) is 0.444. The molecule has 0 aliphatic carbocycles. The van der Waals surface area contributed by atoms with Gasteiger partial charge in [-0.2, -0.15) is 4.72 Å². The second-order valence-corrected chi connectivity index (χ2v) is 8.79. The highest BCUT2D eigenvalue weighted by Crippen LogP contribution is 2.30. The van der Waals surface area contributed by atoms with Crippen LogP contribution in [0.1, 0.15) is 18.7 Å². The molecular weight excluding hydrogens is 344 g/mol. The van der Waals surface area contributed by atoms with E-state index in [9.17, 15) is 8.42 Å². The predicted octanol–water partition coefficient (Wildman–Crippen LogP) is 2.16. The number of halogens is 1. The lowest BCUT2D eigenvalue weighted by Gasteiger charge is -2.24. The van der Waals surface area contributed by atoms with Gasteiger partial charge in [-0.3, -0.25) is 0 Å². The van der Waals surface area contributed by atoms with E-state index in [0.717, 1.165) is 3.79 Å². The van der Waals surface area contributed by atoms with Crippen molar-refractivity contribution in [3.8, 4) is 0 Å². The lowest BCUT2D eigenvalue weighted by Crippen LogP contribution is -2.51. The normalized spacial score (nSPS) is 12.7.